The Bertz CT molecular complexity index is 855. The van der Waals surface area contributed by atoms with E-state index in [1.807, 2.05) is 30.3 Å². The number of carbonyl (C=O) groups is 1. The van der Waals surface area contributed by atoms with Crippen molar-refractivity contribution in [1.82, 2.24) is 10.2 Å². The number of fused-ring (bicyclic) bond motifs is 1. The first-order valence-electron chi connectivity index (χ1n) is 11.1. The Morgan fingerprint density at radius 1 is 1.07 bits per heavy atom. The molecule has 30 heavy (non-hydrogen) atoms. The molecule has 0 aliphatic carbocycles. The van der Waals surface area contributed by atoms with E-state index in [1.54, 1.807) is 0 Å². The summed E-state index contributed by atoms with van der Waals surface area (Å²) in [6.45, 7) is 8.72. The minimum atomic E-state index is -0.228. The Morgan fingerprint density at radius 3 is 2.47 bits per heavy atom. The average Bonchev–Trinajstić information content (AvgIpc) is 2.80. The van der Waals surface area contributed by atoms with Crippen molar-refractivity contribution >= 4 is 5.91 Å². The number of amides is 1. The maximum atomic E-state index is 13.0. The number of benzene rings is 2. The van der Waals surface area contributed by atoms with Gasteiger partial charge in [-0.1, -0.05) is 44.2 Å². The largest absolute Gasteiger partial charge is 0.487 e. The van der Waals surface area contributed by atoms with Gasteiger partial charge >= 0.3 is 0 Å². The number of nitrogens with one attached hydrogen (secondary N) is 1. The number of carbonyl (C=O) groups excluding carboxylic acids is 1. The van der Waals surface area contributed by atoms with Gasteiger partial charge < -0.3 is 14.8 Å². The first-order chi connectivity index (χ1) is 14.6. The number of ether oxygens (including phenoxy) is 2. The van der Waals surface area contributed by atoms with Crippen LogP contribution in [0.1, 0.15) is 60.6 Å². The summed E-state index contributed by atoms with van der Waals surface area (Å²) in [4.78, 5) is 15.4. The Hall–Kier alpha value is -2.37. The molecule has 5 nitrogen and oxygen atoms in total. The van der Waals surface area contributed by atoms with E-state index in [0.29, 0.717) is 5.56 Å². The maximum absolute atomic E-state index is 13.0. The Morgan fingerprint density at radius 2 is 1.77 bits per heavy atom. The zero-order valence-corrected chi connectivity index (χ0v) is 18.0. The van der Waals surface area contributed by atoms with Gasteiger partial charge in [0.15, 0.2) is 0 Å². The molecule has 0 bridgehead atoms. The number of hydrogen-bond acceptors (Lipinski definition) is 4. The van der Waals surface area contributed by atoms with E-state index in [4.69, 9.17) is 9.47 Å². The predicted molar refractivity (Wildman–Crippen MR) is 118 cm³/mol. The third-order valence-corrected chi connectivity index (χ3v) is 6.52. The second-order valence-corrected chi connectivity index (χ2v) is 8.35. The molecule has 2 heterocycles. The van der Waals surface area contributed by atoms with Crippen LogP contribution in [0.3, 0.4) is 0 Å². The van der Waals surface area contributed by atoms with Crippen LogP contribution in [0, 0.1) is 0 Å². The third kappa shape index (κ3) is 4.52. The molecule has 0 saturated carbocycles. The lowest BCUT2D eigenvalue weighted by Gasteiger charge is -2.41. The molecule has 1 saturated heterocycles. The molecule has 2 aromatic rings. The second kappa shape index (κ2) is 9.19. The van der Waals surface area contributed by atoms with E-state index in [0.717, 1.165) is 63.4 Å². The van der Waals surface area contributed by atoms with Gasteiger partial charge in [0.1, 0.15) is 11.4 Å². The van der Waals surface area contributed by atoms with Gasteiger partial charge in [0.05, 0.1) is 19.3 Å². The Balaban J connectivity index is 1.46. The molecule has 0 aromatic heterocycles. The summed E-state index contributed by atoms with van der Waals surface area (Å²) in [7, 11) is 0. The van der Waals surface area contributed by atoms with Crippen molar-refractivity contribution in [2.45, 2.75) is 51.3 Å². The van der Waals surface area contributed by atoms with Crippen molar-refractivity contribution in [3.8, 4) is 5.75 Å². The molecule has 0 radical (unpaired) electrons. The van der Waals surface area contributed by atoms with Gasteiger partial charge in [0.25, 0.3) is 5.91 Å². The van der Waals surface area contributed by atoms with E-state index < -0.39 is 0 Å². The fraction of sp³-hybridized carbons (Fsp3) is 0.480. The number of rotatable bonds is 6. The van der Waals surface area contributed by atoms with Gasteiger partial charge in [-0.05, 0) is 36.6 Å². The highest BCUT2D eigenvalue weighted by atomic mass is 16.5. The van der Waals surface area contributed by atoms with Crippen LogP contribution in [0.25, 0.3) is 0 Å². The molecule has 2 aromatic carbocycles. The van der Waals surface area contributed by atoms with Crippen LogP contribution < -0.4 is 10.1 Å². The lowest BCUT2D eigenvalue weighted by molar-refractivity contribution is 0.0227. The molecule has 2 aliphatic rings. The highest BCUT2D eigenvalue weighted by molar-refractivity contribution is 5.94. The molecule has 1 amide bonds. The summed E-state index contributed by atoms with van der Waals surface area (Å²) in [6, 6.07) is 16.0. The second-order valence-electron chi connectivity index (χ2n) is 8.35. The topological polar surface area (TPSA) is 50.8 Å². The van der Waals surface area contributed by atoms with Crippen LogP contribution in [-0.4, -0.2) is 42.7 Å². The number of morpholine rings is 1. The Kier molecular flexibility index (Phi) is 6.40. The van der Waals surface area contributed by atoms with Crippen molar-refractivity contribution in [2.24, 2.45) is 0 Å². The first-order valence-corrected chi connectivity index (χ1v) is 11.1. The molecular weight excluding hydrogens is 376 g/mol. The van der Waals surface area contributed by atoms with Gasteiger partial charge in [-0.15, -0.1) is 0 Å². The molecule has 5 heteroatoms. The number of para-hydroxylation sites is 1. The summed E-state index contributed by atoms with van der Waals surface area (Å²) >= 11 is 0. The van der Waals surface area contributed by atoms with E-state index >= 15 is 0 Å². The summed E-state index contributed by atoms with van der Waals surface area (Å²) in [5.41, 5.74) is 2.75. The van der Waals surface area contributed by atoms with Crippen molar-refractivity contribution in [3.63, 3.8) is 0 Å². The zero-order chi connectivity index (χ0) is 21.0. The average molecular weight is 409 g/mol. The predicted octanol–water partition coefficient (Wildman–Crippen LogP) is 4.33. The molecule has 4 rings (SSSR count). The highest BCUT2D eigenvalue weighted by Gasteiger charge is 2.39. The van der Waals surface area contributed by atoms with Gasteiger partial charge in [-0.2, -0.15) is 0 Å². The minimum absolute atomic E-state index is 0.0317. The first kappa shape index (κ1) is 20.9. The van der Waals surface area contributed by atoms with Crippen molar-refractivity contribution < 1.29 is 14.3 Å². The summed E-state index contributed by atoms with van der Waals surface area (Å²) in [5.74, 6) is 0.856. The smallest absolute Gasteiger partial charge is 0.251 e. The van der Waals surface area contributed by atoms with Crippen LogP contribution in [0.2, 0.25) is 0 Å². The quantitative estimate of drug-likeness (QED) is 0.773. The molecular formula is C25H32N2O3. The normalized spacial score (nSPS) is 20.8. The van der Waals surface area contributed by atoms with E-state index in [9.17, 15) is 4.79 Å². The lowest BCUT2D eigenvalue weighted by atomic mass is 9.83. The summed E-state index contributed by atoms with van der Waals surface area (Å²) in [6.07, 6.45) is 2.62. The maximum Gasteiger partial charge on any atom is 0.251 e. The van der Waals surface area contributed by atoms with Crippen molar-refractivity contribution in [2.75, 3.05) is 26.3 Å². The molecule has 1 N–H and O–H groups in total. The monoisotopic (exact) mass is 408 g/mol. The minimum Gasteiger partial charge on any atom is -0.487 e. The van der Waals surface area contributed by atoms with E-state index in [-0.39, 0.29) is 17.6 Å². The summed E-state index contributed by atoms with van der Waals surface area (Å²) < 4.78 is 11.8. The molecule has 0 unspecified atom stereocenters. The van der Waals surface area contributed by atoms with Crippen LogP contribution in [0.5, 0.6) is 5.75 Å². The Labute approximate surface area is 179 Å². The highest BCUT2D eigenvalue weighted by Crippen LogP contribution is 2.42. The van der Waals surface area contributed by atoms with Gasteiger partial charge in [-0.25, -0.2) is 0 Å². The van der Waals surface area contributed by atoms with Gasteiger partial charge in [0.2, 0.25) is 0 Å². The van der Waals surface area contributed by atoms with Crippen LogP contribution >= 0.6 is 0 Å². The molecule has 0 spiro atoms. The zero-order valence-electron chi connectivity index (χ0n) is 18.0. The molecule has 2 aliphatic heterocycles. The van der Waals surface area contributed by atoms with E-state index in [2.05, 4.69) is 42.3 Å². The molecule has 1 fully saturated rings. The number of nitrogens with zero attached hydrogens (tertiary/aromatic N) is 1. The van der Waals surface area contributed by atoms with Crippen molar-refractivity contribution in [1.29, 1.82) is 0 Å². The summed E-state index contributed by atoms with van der Waals surface area (Å²) in [5, 5.41) is 3.27. The lowest BCUT2D eigenvalue weighted by Crippen LogP contribution is -2.44. The van der Waals surface area contributed by atoms with Crippen LogP contribution in [0.15, 0.2) is 48.5 Å². The van der Waals surface area contributed by atoms with Gasteiger partial charge in [-0.3, -0.25) is 9.69 Å². The standard InChI is InChI=1S/C25H32N2O3/c1-3-25(4-2)17-22(21-7-5-6-8-23(21)30-25)26-24(28)20-11-9-19(10-12-20)18-27-13-15-29-16-14-27/h5-12,22H,3-4,13-18H2,1-2H3,(H,26,28)/t22-/m0/s1. The fourth-order valence-corrected chi connectivity index (χ4v) is 4.45. The van der Waals surface area contributed by atoms with Crippen LogP contribution in [-0.2, 0) is 11.3 Å². The van der Waals surface area contributed by atoms with Gasteiger partial charge in [0, 0.05) is 37.2 Å². The number of hydrogen-bond donors (Lipinski definition) is 1. The fourth-order valence-electron chi connectivity index (χ4n) is 4.45. The van der Waals surface area contributed by atoms with E-state index in [1.165, 1.54) is 5.56 Å². The van der Waals surface area contributed by atoms with Crippen molar-refractivity contribution in [3.05, 3.63) is 65.2 Å². The molecule has 1 atom stereocenters. The third-order valence-electron chi connectivity index (χ3n) is 6.52. The van der Waals surface area contributed by atoms with Crippen LogP contribution in [0.4, 0.5) is 0 Å². The molecule has 160 valence electrons. The SMILES string of the molecule is CCC1(CC)C[C@H](NC(=O)c2ccc(CN3CCOCC3)cc2)c2ccccc2O1.